The van der Waals surface area contributed by atoms with Gasteiger partial charge in [-0.25, -0.2) is 14.4 Å². The first-order valence-corrected chi connectivity index (χ1v) is 13.4. The molecule has 0 radical (unpaired) electrons. The van der Waals surface area contributed by atoms with Gasteiger partial charge < -0.3 is 15.0 Å². The Morgan fingerprint density at radius 2 is 2.06 bits per heavy atom. The third kappa shape index (κ3) is 7.47. The Balaban J connectivity index is 1.15. The Labute approximate surface area is 206 Å². The molecule has 0 spiro atoms. The molecule has 4 rings (SSSR count). The third-order valence-corrected chi connectivity index (χ3v) is 7.85. The summed E-state index contributed by atoms with van der Waals surface area (Å²) in [5.74, 6) is 1.39. The van der Waals surface area contributed by atoms with E-state index in [1.165, 1.54) is 31.7 Å². The maximum Gasteiger partial charge on any atom is 0.225 e. The van der Waals surface area contributed by atoms with Gasteiger partial charge in [0.2, 0.25) is 11.8 Å². The minimum atomic E-state index is -0.990. The number of hydrogen-bond donors (Lipinski definition) is 1. The molecule has 1 aliphatic carbocycles. The summed E-state index contributed by atoms with van der Waals surface area (Å²) >= 11 is 1.60. The zero-order valence-corrected chi connectivity index (χ0v) is 21.2. The van der Waals surface area contributed by atoms with Crippen molar-refractivity contribution in [2.45, 2.75) is 77.4 Å². The Morgan fingerprint density at radius 1 is 1.26 bits per heavy atom. The number of thiazole rings is 1. The highest BCUT2D eigenvalue weighted by Gasteiger charge is 2.24. The van der Waals surface area contributed by atoms with E-state index in [0.29, 0.717) is 18.3 Å². The Morgan fingerprint density at radius 3 is 2.79 bits per heavy atom. The fourth-order valence-electron chi connectivity index (χ4n) is 5.00. The zero-order chi connectivity index (χ0) is 23.9. The van der Waals surface area contributed by atoms with Gasteiger partial charge in [0.25, 0.3) is 0 Å². The number of hydrogen-bond acceptors (Lipinski definition) is 6. The average molecular weight is 489 g/mol. The van der Waals surface area contributed by atoms with Crippen molar-refractivity contribution in [1.29, 1.82) is 0 Å². The second-order valence-corrected chi connectivity index (χ2v) is 11.1. The van der Waals surface area contributed by atoms with Gasteiger partial charge in [-0.3, -0.25) is 4.79 Å². The molecule has 8 heteroatoms. The van der Waals surface area contributed by atoms with Crippen LogP contribution in [0.15, 0.2) is 18.3 Å². The van der Waals surface area contributed by atoms with Gasteiger partial charge >= 0.3 is 0 Å². The highest BCUT2D eigenvalue weighted by atomic mass is 32.1. The summed E-state index contributed by atoms with van der Waals surface area (Å²) in [5.41, 5.74) is 2.38. The number of nitrogens with zero attached hydrogens (tertiary/aromatic N) is 3. The van der Waals surface area contributed by atoms with Gasteiger partial charge in [0.05, 0.1) is 11.4 Å². The summed E-state index contributed by atoms with van der Waals surface area (Å²) in [4.78, 5) is 24.8. The van der Waals surface area contributed by atoms with Crippen molar-refractivity contribution in [3.63, 3.8) is 0 Å². The van der Waals surface area contributed by atoms with Crippen molar-refractivity contribution >= 4 is 17.2 Å². The monoisotopic (exact) mass is 488 g/mol. The smallest absolute Gasteiger partial charge is 0.225 e. The number of amides is 1. The Hall–Kier alpha value is -2.06. The molecule has 0 saturated heterocycles. The number of rotatable bonds is 9. The fourth-order valence-corrected chi connectivity index (χ4v) is 5.79. The number of nitrogens with one attached hydrogen (secondary N) is 1. The van der Waals surface area contributed by atoms with Crippen LogP contribution >= 0.6 is 11.3 Å². The number of pyridine rings is 1. The number of carbonyl (C=O) groups excluding carboxylic acids is 1. The lowest BCUT2D eigenvalue weighted by molar-refractivity contribution is -0.121. The van der Waals surface area contributed by atoms with Crippen LogP contribution in [0.3, 0.4) is 0 Å². The molecular weight excluding hydrogens is 451 g/mol. The number of alkyl halides is 1. The van der Waals surface area contributed by atoms with E-state index in [-0.39, 0.29) is 12.5 Å². The van der Waals surface area contributed by atoms with E-state index < -0.39 is 6.17 Å². The lowest BCUT2D eigenvalue weighted by atomic mass is 9.84. The van der Waals surface area contributed by atoms with E-state index in [0.717, 1.165) is 66.8 Å². The molecule has 1 aliphatic heterocycles. The molecule has 0 bridgehead atoms. The molecule has 34 heavy (non-hydrogen) atoms. The molecule has 2 aromatic heterocycles. The van der Waals surface area contributed by atoms with Crippen LogP contribution in [0, 0.1) is 12.8 Å². The van der Waals surface area contributed by atoms with Crippen LogP contribution in [0.1, 0.15) is 60.2 Å². The number of ether oxygens (including phenoxy) is 1. The summed E-state index contributed by atoms with van der Waals surface area (Å²) in [5, 5.41) is 4.24. The summed E-state index contributed by atoms with van der Waals surface area (Å²) in [6.45, 7) is 6.69. The first kappa shape index (κ1) is 25.0. The topological polar surface area (TPSA) is 67.4 Å². The van der Waals surface area contributed by atoms with Gasteiger partial charge in [0.15, 0.2) is 0 Å². The summed E-state index contributed by atoms with van der Waals surface area (Å²) < 4.78 is 18.5. The van der Waals surface area contributed by atoms with E-state index in [1.807, 2.05) is 19.2 Å². The molecule has 2 aliphatic rings. The lowest BCUT2D eigenvalue weighted by Gasteiger charge is -2.30. The molecule has 1 atom stereocenters. The Bertz CT molecular complexity index is 943. The van der Waals surface area contributed by atoms with Gasteiger partial charge in [-0.1, -0.05) is 6.07 Å². The standard InChI is InChI=1S/C26H37FN4O2S/c1-18(27)17-33-26-8-5-21-10-13-31(14-11-24(21)30-26)12-9-20-3-6-22(7-4-20)29-25(32)15-23-16-28-19(2)34-23/h5,8,16,18,20,22H,3-4,6-7,9-15,17H2,1-2H3,(H,29,32). The van der Waals surface area contributed by atoms with Crippen LogP contribution in [0.2, 0.25) is 0 Å². The van der Waals surface area contributed by atoms with Crippen LogP contribution in [0.4, 0.5) is 4.39 Å². The first-order chi connectivity index (χ1) is 16.4. The maximum absolute atomic E-state index is 13.1. The van der Waals surface area contributed by atoms with Crippen LogP contribution < -0.4 is 10.1 Å². The minimum Gasteiger partial charge on any atom is -0.475 e. The SMILES string of the molecule is Cc1ncc(CC(=O)NC2CCC(CCN3CCc4ccc(OCC(C)F)nc4CC3)CC2)s1. The van der Waals surface area contributed by atoms with Crippen LogP contribution in [0.5, 0.6) is 5.88 Å². The molecule has 186 valence electrons. The van der Waals surface area contributed by atoms with E-state index in [1.54, 1.807) is 11.3 Å². The molecular formula is C26H37FN4O2S. The quantitative estimate of drug-likeness (QED) is 0.570. The minimum absolute atomic E-state index is 0.0512. The molecule has 3 heterocycles. The predicted octanol–water partition coefficient (Wildman–Crippen LogP) is 4.29. The zero-order valence-electron chi connectivity index (χ0n) is 20.4. The molecule has 0 aromatic carbocycles. The van der Waals surface area contributed by atoms with Gasteiger partial charge in [-0.15, -0.1) is 11.3 Å². The molecule has 1 fully saturated rings. The van der Waals surface area contributed by atoms with Crippen molar-refractivity contribution in [3.8, 4) is 5.88 Å². The van der Waals surface area contributed by atoms with E-state index in [2.05, 4.69) is 26.3 Å². The van der Waals surface area contributed by atoms with Crippen molar-refractivity contribution in [1.82, 2.24) is 20.2 Å². The van der Waals surface area contributed by atoms with Gasteiger partial charge in [-0.2, -0.15) is 0 Å². The predicted molar refractivity (Wildman–Crippen MR) is 133 cm³/mol. The van der Waals surface area contributed by atoms with Crippen LogP contribution in [0.25, 0.3) is 0 Å². The lowest BCUT2D eigenvalue weighted by Crippen LogP contribution is -2.38. The number of aromatic nitrogens is 2. The highest BCUT2D eigenvalue weighted by molar-refractivity contribution is 7.11. The van der Waals surface area contributed by atoms with E-state index in [4.69, 9.17) is 4.74 Å². The van der Waals surface area contributed by atoms with E-state index in [9.17, 15) is 9.18 Å². The molecule has 1 unspecified atom stereocenters. The number of carbonyl (C=O) groups is 1. The molecule has 1 amide bonds. The third-order valence-electron chi connectivity index (χ3n) is 6.94. The molecule has 1 saturated carbocycles. The first-order valence-electron chi connectivity index (χ1n) is 12.6. The van der Waals surface area contributed by atoms with Gasteiger partial charge in [0, 0.05) is 48.4 Å². The van der Waals surface area contributed by atoms with Crippen molar-refractivity contribution < 1.29 is 13.9 Å². The summed E-state index contributed by atoms with van der Waals surface area (Å²) in [6.07, 6.45) is 8.93. The number of fused-ring (bicyclic) bond motifs is 1. The number of halogens is 1. The molecule has 6 nitrogen and oxygen atoms in total. The average Bonchev–Trinajstić information content (AvgIpc) is 3.11. The van der Waals surface area contributed by atoms with E-state index >= 15 is 0 Å². The van der Waals surface area contributed by atoms with Gasteiger partial charge in [-0.05, 0) is 70.4 Å². The van der Waals surface area contributed by atoms with Crippen molar-refractivity contribution in [3.05, 3.63) is 39.5 Å². The molecule has 2 aromatic rings. The second kappa shape index (κ2) is 12.1. The normalized spacial score (nSPS) is 22.0. The fraction of sp³-hybridized carbons (Fsp3) is 0.654. The second-order valence-electron chi connectivity index (χ2n) is 9.78. The van der Waals surface area contributed by atoms with Crippen LogP contribution in [-0.2, 0) is 24.1 Å². The summed E-state index contributed by atoms with van der Waals surface area (Å²) in [7, 11) is 0. The van der Waals surface area contributed by atoms with Crippen LogP contribution in [-0.4, -0.2) is 59.2 Å². The summed E-state index contributed by atoms with van der Waals surface area (Å²) in [6, 6.07) is 4.27. The maximum atomic E-state index is 13.1. The van der Waals surface area contributed by atoms with Crippen molar-refractivity contribution in [2.75, 3.05) is 26.2 Å². The van der Waals surface area contributed by atoms with Gasteiger partial charge in [0.1, 0.15) is 12.8 Å². The highest BCUT2D eigenvalue weighted by Crippen LogP contribution is 2.28. The number of aryl methyl sites for hydroxylation is 1. The largest absolute Gasteiger partial charge is 0.475 e. The molecule has 1 N–H and O–H groups in total. The van der Waals surface area contributed by atoms with Crippen molar-refractivity contribution in [2.24, 2.45) is 5.92 Å². The Kier molecular flexibility index (Phi) is 8.89.